The molecule has 224 valence electrons. The van der Waals surface area contributed by atoms with Gasteiger partial charge in [-0.15, -0.1) is 0 Å². The molecule has 1 N–H and O–H groups in total. The lowest BCUT2D eigenvalue weighted by Gasteiger charge is -2.26. The summed E-state index contributed by atoms with van der Waals surface area (Å²) in [7, 11) is -6.92. The lowest BCUT2D eigenvalue weighted by Crippen LogP contribution is -2.38. The van der Waals surface area contributed by atoms with Crippen LogP contribution in [0.3, 0.4) is 0 Å². The molecule has 12 nitrogen and oxygen atoms in total. The molecule has 1 aliphatic rings. The Morgan fingerprint density at radius 2 is 1.64 bits per heavy atom. The van der Waals surface area contributed by atoms with Gasteiger partial charge in [-0.1, -0.05) is 24.1 Å². The average Bonchev–Trinajstić information content (AvgIpc) is 2.96. The predicted octanol–water partition coefficient (Wildman–Crippen LogP) is 4.57. The molecule has 0 unspecified atom stereocenters. The Kier molecular flexibility index (Phi) is 9.40. The van der Waals surface area contributed by atoms with E-state index in [1.807, 2.05) is 0 Å². The van der Waals surface area contributed by atoms with Crippen LogP contribution in [-0.4, -0.2) is 58.7 Å². The highest BCUT2D eigenvalue weighted by Crippen LogP contribution is 2.36. The van der Waals surface area contributed by atoms with Gasteiger partial charge in [0.15, 0.2) is 0 Å². The number of piperidine rings is 1. The van der Waals surface area contributed by atoms with Gasteiger partial charge in [-0.25, -0.2) is 16.8 Å². The van der Waals surface area contributed by atoms with Gasteiger partial charge in [0.1, 0.15) is 12.3 Å². The molecule has 0 bridgehead atoms. The van der Waals surface area contributed by atoms with Gasteiger partial charge in [0.25, 0.3) is 15.7 Å². The number of nitro benzene ring substituents is 1. The number of amides is 1. The van der Waals surface area contributed by atoms with Gasteiger partial charge in [-0.3, -0.25) is 19.2 Å². The molecule has 3 aromatic rings. The predicted molar refractivity (Wildman–Crippen MR) is 158 cm³/mol. The van der Waals surface area contributed by atoms with E-state index in [-0.39, 0.29) is 32.6 Å². The third-order valence-corrected chi connectivity index (χ3v) is 10.7. The Balaban J connectivity index is 1.64. The molecule has 15 heteroatoms. The number of ether oxygens (including phenoxy) is 1. The highest BCUT2D eigenvalue weighted by molar-refractivity contribution is 7.93. The van der Waals surface area contributed by atoms with Crippen molar-refractivity contribution in [3.05, 3.63) is 81.4 Å². The first-order chi connectivity index (χ1) is 19.8. The normalized spacial score (nSPS) is 14.3. The van der Waals surface area contributed by atoms with Crippen LogP contribution in [0, 0.1) is 17.0 Å². The highest BCUT2D eigenvalue weighted by Gasteiger charge is 2.32. The van der Waals surface area contributed by atoms with Crippen LogP contribution in [0.4, 0.5) is 17.1 Å². The SMILES string of the molecule is COc1ccc(Cl)cc1N(CC(=O)Nc1ccc(S(=O)(=O)N2CCCCC2)cc1)S(=O)(=O)c1ccc(C)c([N+](=O)[O-])c1. The van der Waals surface area contributed by atoms with Crippen molar-refractivity contribution >= 4 is 54.6 Å². The van der Waals surface area contributed by atoms with E-state index >= 15 is 0 Å². The highest BCUT2D eigenvalue weighted by atomic mass is 35.5. The second-order valence-corrected chi connectivity index (χ2v) is 13.8. The third-order valence-electron chi connectivity index (χ3n) is 6.75. The topological polar surface area (TPSA) is 156 Å². The summed E-state index contributed by atoms with van der Waals surface area (Å²) in [4.78, 5) is 23.7. The Morgan fingerprint density at radius 3 is 2.26 bits per heavy atom. The van der Waals surface area contributed by atoms with E-state index in [2.05, 4.69) is 5.32 Å². The molecule has 1 saturated heterocycles. The van der Waals surface area contributed by atoms with Crippen molar-refractivity contribution in [1.29, 1.82) is 0 Å². The Labute approximate surface area is 249 Å². The number of benzene rings is 3. The van der Waals surface area contributed by atoms with Crippen molar-refractivity contribution in [3.8, 4) is 5.75 Å². The lowest BCUT2D eigenvalue weighted by atomic mass is 10.2. The summed E-state index contributed by atoms with van der Waals surface area (Å²) in [5.74, 6) is -0.682. The molecular formula is C27H29ClN4O8S2. The smallest absolute Gasteiger partial charge is 0.273 e. The van der Waals surface area contributed by atoms with Crippen LogP contribution in [0.2, 0.25) is 5.02 Å². The van der Waals surface area contributed by atoms with E-state index in [9.17, 15) is 31.7 Å². The van der Waals surface area contributed by atoms with Crippen LogP contribution in [0.1, 0.15) is 24.8 Å². The second kappa shape index (κ2) is 12.7. The van der Waals surface area contributed by atoms with Crippen LogP contribution in [0.5, 0.6) is 5.75 Å². The molecule has 42 heavy (non-hydrogen) atoms. The van der Waals surface area contributed by atoms with E-state index in [1.54, 1.807) is 0 Å². The number of nitro groups is 1. The number of sulfonamides is 2. The van der Waals surface area contributed by atoms with E-state index in [0.29, 0.717) is 13.1 Å². The summed E-state index contributed by atoms with van der Waals surface area (Å²) in [5, 5.41) is 14.2. The largest absolute Gasteiger partial charge is 0.495 e. The Hall–Kier alpha value is -3.72. The number of rotatable bonds is 10. The van der Waals surface area contributed by atoms with Gasteiger partial charge in [0.05, 0.1) is 27.5 Å². The second-order valence-electron chi connectivity index (χ2n) is 9.57. The van der Waals surface area contributed by atoms with E-state index in [4.69, 9.17) is 16.3 Å². The van der Waals surface area contributed by atoms with E-state index in [0.717, 1.165) is 29.6 Å². The Morgan fingerprint density at radius 1 is 1.00 bits per heavy atom. The first-order valence-corrected chi connectivity index (χ1v) is 16.1. The summed E-state index contributed by atoms with van der Waals surface area (Å²) in [6, 6.07) is 13.2. The number of aryl methyl sites for hydroxylation is 1. The maximum atomic E-state index is 13.8. The first-order valence-electron chi connectivity index (χ1n) is 12.9. The minimum atomic E-state index is -4.56. The monoisotopic (exact) mass is 636 g/mol. The van der Waals surface area contributed by atoms with E-state index in [1.165, 1.54) is 72.9 Å². The van der Waals surface area contributed by atoms with Crippen LogP contribution < -0.4 is 14.4 Å². The number of carbonyl (C=O) groups is 1. The minimum Gasteiger partial charge on any atom is -0.495 e. The number of methoxy groups -OCH3 is 1. The molecule has 0 radical (unpaired) electrons. The number of hydrogen-bond acceptors (Lipinski definition) is 8. The number of anilines is 2. The molecule has 0 aliphatic carbocycles. The molecule has 4 rings (SSSR count). The molecule has 0 aromatic heterocycles. The van der Waals surface area contributed by atoms with Gasteiger partial charge in [0.2, 0.25) is 15.9 Å². The first kappa shape index (κ1) is 31.2. The standard InChI is InChI=1S/C27H29ClN4O8S2/c1-19-6-10-23(17-24(19)32(34)35)42(38,39)31(25-16-20(28)7-13-26(25)40-2)18-27(33)29-21-8-11-22(12-9-21)41(36,37)30-14-4-3-5-15-30/h6-13,16-17H,3-5,14-15,18H2,1-2H3,(H,29,33). The fraction of sp³-hybridized carbons (Fsp3) is 0.296. The molecule has 3 aromatic carbocycles. The maximum absolute atomic E-state index is 13.8. The van der Waals surface area contributed by atoms with Gasteiger partial charge in [-0.2, -0.15) is 4.31 Å². The molecule has 0 atom stereocenters. The van der Waals surface area contributed by atoms with Crippen molar-refractivity contribution in [2.24, 2.45) is 0 Å². The van der Waals surface area contributed by atoms with Crippen molar-refractivity contribution < 1.29 is 31.3 Å². The molecule has 1 fully saturated rings. The molecule has 1 aliphatic heterocycles. The Bertz CT molecular complexity index is 1710. The number of carbonyl (C=O) groups excluding carboxylic acids is 1. The molecule has 1 amide bonds. The number of nitrogens with one attached hydrogen (secondary N) is 1. The fourth-order valence-corrected chi connectivity index (χ4v) is 7.65. The van der Waals surface area contributed by atoms with Crippen molar-refractivity contribution in [2.45, 2.75) is 36.0 Å². The summed E-state index contributed by atoms with van der Waals surface area (Å²) >= 11 is 6.16. The summed E-state index contributed by atoms with van der Waals surface area (Å²) in [6.45, 7) is 1.61. The summed E-state index contributed by atoms with van der Waals surface area (Å²) in [6.07, 6.45) is 2.56. The zero-order chi connectivity index (χ0) is 30.7. The molecule has 1 heterocycles. The van der Waals surface area contributed by atoms with Crippen molar-refractivity contribution in [1.82, 2.24) is 4.31 Å². The van der Waals surface area contributed by atoms with Crippen molar-refractivity contribution in [2.75, 3.05) is 36.4 Å². The molecular weight excluding hydrogens is 608 g/mol. The minimum absolute atomic E-state index is 0.0636. The summed E-state index contributed by atoms with van der Waals surface area (Å²) in [5.41, 5.74) is 0.0257. The average molecular weight is 637 g/mol. The van der Waals surface area contributed by atoms with Crippen LogP contribution in [0.25, 0.3) is 0 Å². The zero-order valence-electron chi connectivity index (χ0n) is 22.8. The fourth-order valence-electron chi connectivity index (χ4n) is 4.53. The van der Waals surface area contributed by atoms with Crippen LogP contribution >= 0.6 is 11.6 Å². The zero-order valence-corrected chi connectivity index (χ0v) is 25.2. The van der Waals surface area contributed by atoms with Gasteiger partial charge < -0.3 is 10.1 Å². The van der Waals surface area contributed by atoms with Crippen LogP contribution in [-0.2, 0) is 24.8 Å². The van der Waals surface area contributed by atoms with Crippen LogP contribution in [0.15, 0.2) is 70.5 Å². The van der Waals surface area contributed by atoms with Gasteiger partial charge in [0, 0.05) is 35.4 Å². The number of halogens is 1. The summed E-state index contributed by atoms with van der Waals surface area (Å²) < 4.78 is 61.1. The van der Waals surface area contributed by atoms with Gasteiger partial charge in [-0.05, 0) is 68.3 Å². The lowest BCUT2D eigenvalue weighted by molar-refractivity contribution is -0.385. The molecule has 0 spiro atoms. The van der Waals surface area contributed by atoms with Crippen molar-refractivity contribution in [3.63, 3.8) is 0 Å². The number of hydrogen-bond donors (Lipinski definition) is 1. The maximum Gasteiger partial charge on any atom is 0.273 e. The molecule has 0 saturated carbocycles. The quantitative estimate of drug-likeness (QED) is 0.250. The van der Waals surface area contributed by atoms with Gasteiger partial charge >= 0.3 is 0 Å². The number of nitrogens with zero attached hydrogens (tertiary/aromatic N) is 3. The van der Waals surface area contributed by atoms with E-state index < -0.39 is 48.0 Å². The third kappa shape index (κ3) is 6.67.